The van der Waals surface area contributed by atoms with Crippen LogP contribution in [0.5, 0.6) is 11.5 Å². The second kappa shape index (κ2) is 7.90. The van der Waals surface area contributed by atoms with E-state index in [0.717, 1.165) is 6.07 Å². The number of carboxylic acid groups (broad SMARTS) is 1. The average molecular weight is 460 g/mol. The van der Waals surface area contributed by atoms with Gasteiger partial charge in [0.05, 0.1) is 12.2 Å². The first-order valence-corrected chi connectivity index (χ1v) is 9.86. The smallest absolute Gasteiger partial charge is 0.339 e. The first kappa shape index (κ1) is 22.8. The Labute approximate surface area is 185 Å². The number of hydrogen-bond donors (Lipinski definition) is 7. The SMILES string of the molecule is Cc1c(C(=O)O)c(O)cc2c1C(=O)c1c(ccc([C@@H]3O[C@H](CO)[C@@H](O)[C@H](O)[C@H]3O)c1O)C2=O. The molecule has 0 spiro atoms. The summed E-state index contributed by atoms with van der Waals surface area (Å²) >= 11 is 0. The molecule has 174 valence electrons. The molecule has 1 heterocycles. The van der Waals surface area contributed by atoms with E-state index in [2.05, 4.69) is 0 Å². The van der Waals surface area contributed by atoms with E-state index in [9.17, 15) is 50.1 Å². The van der Waals surface area contributed by atoms with Gasteiger partial charge in [-0.15, -0.1) is 0 Å². The van der Waals surface area contributed by atoms with Gasteiger partial charge in [0.25, 0.3) is 0 Å². The Kier molecular flexibility index (Phi) is 5.47. The Morgan fingerprint density at radius 1 is 0.970 bits per heavy atom. The molecule has 0 amide bonds. The molecule has 2 aromatic rings. The van der Waals surface area contributed by atoms with E-state index in [1.807, 2.05) is 0 Å². The molecule has 33 heavy (non-hydrogen) atoms. The third kappa shape index (κ3) is 3.21. The fourth-order valence-corrected chi connectivity index (χ4v) is 4.43. The second-order valence-electron chi connectivity index (χ2n) is 7.96. The number of ketones is 2. The van der Waals surface area contributed by atoms with Crippen LogP contribution >= 0.6 is 0 Å². The molecule has 0 aromatic heterocycles. The average Bonchev–Trinajstić information content (AvgIpc) is 2.75. The molecule has 4 rings (SSSR count). The van der Waals surface area contributed by atoms with E-state index >= 15 is 0 Å². The van der Waals surface area contributed by atoms with Crippen LogP contribution in [-0.4, -0.2) is 84.3 Å². The van der Waals surface area contributed by atoms with Crippen LogP contribution in [0.15, 0.2) is 18.2 Å². The van der Waals surface area contributed by atoms with Crippen LogP contribution in [0.25, 0.3) is 0 Å². The predicted molar refractivity (Wildman–Crippen MR) is 107 cm³/mol. The normalized spacial score (nSPS) is 26.6. The lowest BCUT2D eigenvalue weighted by Crippen LogP contribution is -2.55. The summed E-state index contributed by atoms with van der Waals surface area (Å²) in [6, 6.07) is 3.26. The van der Waals surface area contributed by atoms with E-state index in [1.165, 1.54) is 19.1 Å². The molecule has 1 aliphatic carbocycles. The Morgan fingerprint density at radius 3 is 2.24 bits per heavy atom. The summed E-state index contributed by atoms with van der Waals surface area (Å²) in [6.07, 6.45) is -7.86. The van der Waals surface area contributed by atoms with Crippen molar-refractivity contribution in [2.45, 2.75) is 37.4 Å². The summed E-state index contributed by atoms with van der Waals surface area (Å²) in [5.41, 5.74) is -2.14. The van der Waals surface area contributed by atoms with Gasteiger partial charge in [-0.05, 0) is 24.6 Å². The number of aromatic carboxylic acids is 1. The summed E-state index contributed by atoms with van der Waals surface area (Å²) in [6.45, 7) is 0.537. The number of ether oxygens (including phenoxy) is 1. The van der Waals surface area contributed by atoms with Gasteiger partial charge in [-0.25, -0.2) is 4.79 Å². The van der Waals surface area contributed by atoms with Crippen molar-refractivity contribution in [3.63, 3.8) is 0 Å². The second-order valence-corrected chi connectivity index (χ2v) is 7.96. The van der Waals surface area contributed by atoms with Gasteiger partial charge in [0.2, 0.25) is 0 Å². The van der Waals surface area contributed by atoms with E-state index in [4.69, 9.17) is 4.74 Å². The summed E-state index contributed by atoms with van der Waals surface area (Å²) in [7, 11) is 0. The zero-order valence-corrected chi connectivity index (χ0v) is 17.1. The molecule has 0 saturated carbocycles. The minimum absolute atomic E-state index is 0.167. The number of carbonyl (C=O) groups excluding carboxylic acids is 2. The predicted octanol–water partition coefficient (Wildman–Crippen LogP) is -0.605. The zero-order valence-electron chi connectivity index (χ0n) is 17.1. The lowest BCUT2D eigenvalue weighted by molar-refractivity contribution is -0.232. The molecule has 0 unspecified atom stereocenters. The number of aromatic hydroxyl groups is 2. The standard InChI is InChI=1S/C22H20O11/c1-6-12-9(4-10(24)13(6)22(31)32)15(25)7-2-3-8(16(26)14(7)18(12)28)21-20(30)19(29)17(27)11(5-23)33-21/h2-4,11,17,19-21,23-24,26-27,29-30H,5H2,1H3,(H,31,32)/t11-,17-,19+,20-,21+/m1/s1. The summed E-state index contributed by atoms with van der Waals surface area (Å²) in [5.74, 6) is -4.58. The number of benzene rings is 2. The molecule has 1 aliphatic heterocycles. The summed E-state index contributed by atoms with van der Waals surface area (Å²) < 4.78 is 5.43. The van der Waals surface area contributed by atoms with Gasteiger partial charge in [-0.2, -0.15) is 0 Å². The van der Waals surface area contributed by atoms with Crippen LogP contribution in [0, 0.1) is 6.92 Å². The summed E-state index contributed by atoms with van der Waals surface area (Å²) in [5, 5.41) is 70.1. The van der Waals surface area contributed by atoms with Crippen LogP contribution in [0.3, 0.4) is 0 Å². The highest BCUT2D eigenvalue weighted by atomic mass is 16.5. The van der Waals surface area contributed by atoms with Crippen LogP contribution in [0.1, 0.15) is 59.4 Å². The Hall–Kier alpha value is -3.35. The number of carbonyl (C=O) groups is 3. The van der Waals surface area contributed by atoms with E-state index in [-0.39, 0.29) is 27.8 Å². The topological polar surface area (TPSA) is 202 Å². The lowest BCUT2D eigenvalue weighted by atomic mass is 9.78. The van der Waals surface area contributed by atoms with E-state index in [1.54, 1.807) is 0 Å². The first-order chi connectivity index (χ1) is 15.5. The molecule has 1 fully saturated rings. The minimum atomic E-state index is -1.74. The molecule has 0 bridgehead atoms. The number of rotatable bonds is 3. The number of carboxylic acids is 1. The van der Waals surface area contributed by atoms with Crippen molar-refractivity contribution in [3.05, 3.63) is 57.1 Å². The maximum atomic E-state index is 13.3. The number of hydrogen-bond acceptors (Lipinski definition) is 10. The molecule has 11 nitrogen and oxygen atoms in total. The van der Waals surface area contributed by atoms with Gasteiger partial charge in [0, 0.05) is 22.3 Å². The fourth-order valence-electron chi connectivity index (χ4n) is 4.43. The fraction of sp³-hybridized carbons (Fsp3) is 0.318. The number of phenolic OH excluding ortho intramolecular Hbond substituents is 1. The van der Waals surface area contributed by atoms with Gasteiger partial charge in [0.1, 0.15) is 47.6 Å². The Balaban J connectivity index is 1.88. The van der Waals surface area contributed by atoms with Gasteiger partial charge >= 0.3 is 5.97 Å². The van der Waals surface area contributed by atoms with E-state index < -0.39 is 77.3 Å². The number of aliphatic hydroxyl groups is 4. The molecule has 5 atom stereocenters. The molecular weight excluding hydrogens is 440 g/mol. The van der Waals surface area contributed by atoms with Crippen molar-refractivity contribution < 1.29 is 54.9 Å². The van der Waals surface area contributed by atoms with Gasteiger partial charge in [0.15, 0.2) is 11.6 Å². The quantitative estimate of drug-likeness (QED) is 0.263. The van der Waals surface area contributed by atoms with Crippen LogP contribution < -0.4 is 0 Å². The third-order valence-corrected chi connectivity index (χ3v) is 6.12. The van der Waals surface area contributed by atoms with Crippen LogP contribution in [-0.2, 0) is 4.74 Å². The third-order valence-electron chi connectivity index (χ3n) is 6.12. The number of aliphatic hydroxyl groups excluding tert-OH is 4. The van der Waals surface area contributed by atoms with E-state index in [0.29, 0.717) is 0 Å². The Bertz CT molecular complexity index is 1200. The van der Waals surface area contributed by atoms with Crippen molar-refractivity contribution in [1.29, 1.82) is 0 Å². The van der Waals surface area contributed by atoms with Crippen molar-refractivity contribution in [1.82, 2.24) is 0 Å². The highest BCUT2D eigenvalue weighted by molar-refractivity contribution is 6.30. The number of fused-ring (bicyclic) bond motifs is 2. The molecule has 1 saturated heterocycles. The van der Waals surface area contributed by atoms with Gasteiger partial charge in [-0.3, -0.25) is 9.59 Å². The van der Waals surface area contributed by atoms with Crippen LogP contribution in [0.2, 0.25) is 0 Å². The molecule has 2 aromatic carbocycles. The summed E-state index contributed by atoms with van der Waals surface area (Å²) in [4.78, 5) is 37.9. The zero-order chi connectivity index (χ0) is 24.4. The maximum Gasteiger partial charge on any atom is 0.339 e. The molecular formula is C22H20O11. The van der Waals surface area contributed by atoms with Crippen molar-refractivity contribution in [2.24, 2.45) is 0 Å². The largest absolute Gasteiger partial charge is 0.507 e. The molecule has 7 N–H and O–H groups in total. The highest BCUT2D eigenvalue weighted by Crippen LogP contribution is 2.43. The van der Waals surface area contributed by atoms with Gasteiger partial charge < -0.3 is 40.5 Å². The first-order valence-electron chi connectivity index (χ1n) is 9.86. The lowest BCUT2D eigenvalue weighted by Gasteiger charge is -2.40. The molecule has 11 heteroatoms. The van der Waals surface area contributed by atoms with Gasteiger partial charge in [-0.1, -0.05) is 6.07 Å². The minimum Gasteiger partial charge on any atom is -0.507 e. The Morgan fingerprint density at radius 2 is 1.64 bits per heavy atom. The molecule has 2 aliphatic rings. The highest BCUT2D eigenvalue weighted by Gasteiger charge is 2.46. The number of phenols is 2. The maximum absolute atomic E-state index is 13.3. The van der Waals surface area contributed by atoms with Crippen molar-refractivity contribution >= 4 is 17.5 Å². The molecule has 0 radical (unpaired) electrons. The van der Waals surface area contributed by atoms with Crippen LogP contribution in [0.4, 0.5) is 0 Å². The monoisotopic (exact) mass is 460 g/mol. The van der Waals surface area contributed by atoms with Crippen molar-refractivity contribution in [2.75, 3.05) is 6.61 Å². The van der Waals surface area contributed by atoms with Crippen molar-refractivity contribution in [3.8, 4) is 11.5 Å².